The van der Waals surface area contributed by atoms with Gasteiger partial charge in [-0.25, -0.2) is 14.1 Å². The second-order valence-electron chi connectivity index (χ2n) is 9.03. The Kier molecular flexibility index (Phi) is 5.78. The number of benzene rings is 2. The second-order valence-corrected chi connectivity index (χ2v) is 9.47. The van der Waals surface area contributed by atoms with Gasteiger partial charge in [0, 0.05) is 28.4 Å². The van der Waals surface area contributed by atoms with Gasteiger partial charge in [-0.2, -0.15) is 0 Å². The number of anilines is 2. The SMILES string of the molecule is CCN1c2cc(F)c(/C=C3/C(=O)NC(=O)N(c4cccc(Cl)c4)C3=O)cc2C(C)CC1(C)C. The quantitative estimate of drug-likeness (QED) is 0.492. The zero-order valence-electron chi connectivity index (χ0n) is 18.9. The van der Waals surface area contributed by atoms with E-state index < -0.39 is 23.7 Å². The Morgan fingerprint density at radius 2 is 1.94 bits per heavy atom. The van der Waals surface area contributed by atoms with E-state index in [4.69, 9.17) is 11.6 Å². The lowest BCUT2D eigenvalue weighted by atomic mass is 9.79. The van der Waals surface area contributed by atoms with Crippen molar-refractivity contribution in [1.29, 1.82) is 0 Å². The van der Waals surface area contributed by atoms with Gasteiger partial charge in [-0.15, -0.1) is 0 Å². The number of nitrogens with zero attached hydrogens (tertiary/aromatic N) is 2. The lowest BCUT2D eigenvalue weighted by molar-refractivity contribution is -0.122. The zero-order valence-corrected chi connectivity index (χ0v) is 19.7. The molecule has 2 aliphatic rings. The van der Waals surface area contributed by atoms with Crippen molar-refractivity contribution in [2.45, 2.75) is 45.6 Å². The van der Waals surface area contributed by atoms with Crippen LogP contribution in [-0.2, 0) is 9.59 Å². The fraction of sp³-hybridized carbons (Fsp3) is 0.320. The van der Waals surface area contributed by atoms with Crippen LogP contribution >= 0.6 is 11.6 Å². The molecule has 2 heterocycles. The number of fused-ring (bicyclic) bond motifs is 1. The van der Waals surface area contributed by atoms with Crippen LogP contribution in [-0.4, -0.2) is 29.9 Å². The van der Waals surface area contributed by atoms with Gasteiger partial charge in [0.1, 0.15) is 11.4 Å². The predicted molar refractivity (Wildman–Crippen MR) is 127 cm³/mol. The Morgan fingerprint density at radius 3 is 2.61 bits per heavy atom. The van der Waals surface area contributed by atoms with E-state index in [1.807, 2.05) is 6.92 Å². The molecule has 1 saturated heterocycles. The van der Waals surface area contributed by atoms with Gasteiger partial charge in [-0.1, -0.05) is 24.6 Å². The summed E-state index contributed by atoms with van der Waals surface area (Å²) in [5.74, 6) is -2.09. The normalized spacial score (nSPS) is 21.3. The van der Waals surface area contributed by atoms with E-state index in [-0.39, 0.29) is 28.3 Å². The summed E-state index contributed by atoms with van der Waals surface area (Å²) >= 11 is 6.00. The molecule has 1 N–H and O–H groups in total. The summed E-state index contributed by atoms with van der Waals surface area (Å²) in [6.45, 7) is 9.11. The fourth-order valence-electron chi connectivity index (χ4n) is 4.89. The molecule has 1 unspecified atom stereocenters. The number of amides is 4. The summed E-state index contributed by atoms with van der Waals surface area (Å²) in [5.41, 5.74) is 1.65. The molecule has 33 heavy (non-hydrogen) atoms. The van der Waals surface area contributed by atoms with Crippen molar-refractivity contribution in [3.63, 3.8) is 0 Å². The highest BCUT2D eigenvalue weighted by atomic mass is 35.5. The Bertz CT molecular complexity index is 1210. The van der Waals surface area contributed by atoms with Crippen LogP contribution in [0.4, 0.5) is 20.6 Å². The van der Waals surface area contributed by atoms with Gasteiger partial charge in [0.05, 0.1) is 5.69 Å². The molecule has 8 heteroatoms. The van der Waals surface area contributed by atoms with Crippen molar-refractivity contribution in [2.75, 3.05) is 16.3 Å². The number of hydrogen-bond acceptors (Lipinski definition) is 4. The summed E-state index contributed by atoms with van der Waals surface area (Å²) in [6, 6.07) is 8.43. The summed E-state index contributed by atoms with van der Waals surface area (Å²) in [7, 11) is 0. The first kappa shape index (κ1) is 23.0. The number of barbiturate groups is 1. The molecule has 0 radical (unpaired) electrons. The first-order valence-corrected chi connectivity index (χ1v) is 11.2. The van der Waals surface area contributed by atoms with Crippen molar-refractivity contribution in [3.05, 3.63) is 63.9 Å². The highest BCUT2D eigenvalue weighted by Crippen LogP contribution is 2.44. The van der Waals surface area contributed by atoms with E-state index in [0.29, 0.717) is 5.02 Å². The zero-order chi connectivity index (χ0) is 24.1. The monoisotopic (exact) mass is 469 g/mol. The third-order valence-corrected chi connectivity index (χ3v) is 6.52. The van der Waals surface area contributed by atoms with Crippen LogP contribution in [0.1, 0.15) is 51.2 Å². The number of halogens is 2. The van der Waals surface area contributed by atoms with Crippen LogP contribution in [0.2, 0.25) is 5.02 Å². The molecule has 0 aromatic heterocycles. The van der Waals surface area contributed by atoms with Crippen molar-refractivity contribution in [3.8, 4) is 0 Å². The van der Waals surface area contributed by atoms with Crippen molar-refractivity contribution in [1.82, 2.24) is 5.32 Å². The van der Waals surface area contributed by atoms with E-state index in [0.717, 1.165) is 29.1 Å². The summed E-state index contributed by atoms with van der Waals surface area (Å²) in [5, 5.41) is 2.48. The van der Waals surface area contributed by atoms with Crippen LogP contribution in [0.15, 0.2) is 42.0 Å². The molecule has 2 aromatic rings. The molecule has 6 nitrogen and oxygen atoms in total. The van der Waals surface area contributed by atoms with E-state index >= 15 is 4.39 Å². The molecular weight excluding hydrogens is 445 g/mol. The van der Waals surface area contributed by atoms with Crippen molar-refractivity contribution in [2.24, 2.45) is 0 Å². The maximum absolute atomic E-state index is 15.2. The molecule has 172 valence electrons. The minimum atomic E-state index is -0.884. The Balaban J connectivity index is 1.78. The van der Waals surface area contributed by atoms with Crippen molar-refractivity contribution < 1.29 is 18.8 Å². The molecule has 4 rings (SSSR count). The van der Waals surface area contributed by atoms with E-state index in [1.165, 1.54) is 24.3 Å². The van der Waals surface area contributed by atoms with E-state index in [9.17, 15) is 14.4 Å². The molecule has 0 aliphatic carbocycles. The smallest absolute Gasteiger partial charge is 0.335 e. The minimum absolute atomic E-state index is 0.120. The second kappa shape index (κ2) is 8.30. The maximum Gasteiger partial charge on any atom is 0.335 e. The van der Waals surface area contributed by atoms with Gasteiger partial charge in [-0.3, -0.25) is 14.9 Å². The average molecular weight is 470 g/mol. The average Bonchev–Trinajstić information content (AvgIpc) is 2.71. The lowest BCUT2D eigenvalue weighted by Crippen LogP contribution is -2.54. The number of imide groups is 2. The van der Waals surface area contributed by atoms with Gasteiger partial charge in [0.15, 0.2) is 0 Å². The fourth-order valence-corrected chi connectivity index (χ4v) is 5.08. The molecule has 1 fully saturated rings. The lowest BCUT2D eigenvalue weighted by Gasteiger charge is -2.47. The van der Waals surface area contributed by atoms with Crippen LogP contribution in [0, 0.1) is 5.82 Å². The molecule has 0 bridgehead atoms. The first-order valence-electron chi connectivity index (χ1n) is 10.8. The Morgan fingerprint density at radius 1 is 1.21 bits per heavy atom. The molecule has 1 atom stereocenters. The molecule has 4 amide bonds. The topological polar surface area (TPSA) is 69.7 Å². The first-order chi connectivity index (χ1) is 15.5. The van der Waals surface area contributed by atoms with Crippen molar-refractivity contribution >= 4 is 46.9 Å². The standard InChI is InChI=1S/C25H25ClFN3O3/c1-5-29-21-12-20(27)15(9-18(21)14(2)13-25(29,3)4)10-19-22(31)28-24(33)30(23(19)32)17-8-6-7-16(26)11-17/h6-12,14H,5,13H2,1-4H3,(H,28,31,33)/b19-10-. The molecule has 0 saturated carbocycles. The number of rotatable bonds is 3. The summed E-state index contributed by atoms with van der Waals surface area (Å²) < 4.78 is 15.2. The molecule has 2 aliphatic heterocycles. The van der Waals surface area contributed by atoms with Gasteiger partial charge >= 0.3 is 6.03 Å². The number of carbonyl (C=O) groups excluding carboxylic acids is 3. The maximum atomic E-state index is 15.2. The third-order valence-electron chi connectivity index (χ3n) is 6.29. The van der Waals surface area contributed by atoms with Gasteiger partial charge in [0.2, 0.25) is 0 Å². The van der Waals surface area contributed by atoms with Crippen LogP contribution in [0.5, 0.6) is 0 Å². The van der Waals surface area contributed by atoms with Gasteiger partial charge < -0.3 is 4.90 Å². The Labute approximate surface area is 197 Å². The van der Waals surface area contributed by atoms with Gasteiger partial charge in [0.25, 0.3) is 11.8 Å². The number of carbonyl (C=O) groups is 3. The van der Waals surface area contributed by atoms with Crippen LogP contribution < -0.4 is 15.1 Å². The van der Waals surface area contributed by atoms with E-state index in [1.54, 1.807) is 18.2 Å². The highest BCUT2D eigenvalue weighted by Gasteiger charge is 2.38. The Hall–Kier alpha value is -3.19. The predicted octanol–water partition coefficient (Wildman–Crippen LogP) is 5.26. The number of hydrogen-bond donors (Lipinski definition) is 1. The number of urea groups is 1. The molecular formula is C25H25ClFN3O3. The minimum Gasteiger partial charge on any atom is -0.366 e. The number of nitrogens with one attached hydrogen (secondary N) is 1. The van der Waals surface area contributed by atoms with E-state index in [2.05, 4.69) is 31.0 Å². The van der Waals surface area contributed by atoms with Crippen LogP contribution in [0.3, 0.4) is 0 Å². The summed E-state index contributed by atoms with van der Waals surface area (Å²) in [6.07, 6.45) is 2.09. The summed E-state index contributed by atoms with van der Waals surface area (Å²) in [4.78, 5) is 41.0. The van der Waals surface area contributed by atoms with Crippen LogP contribution in [0.25, 0.3) is 6.08 Å². The van der Waals surface area contributed by atoms with Gasteiger partial charge in [-0.05, 0) is 75.1 Å². The largest absolute Gasteiger partial charge is 0.366 e. The third kappa shape index (κ3) is 4.02. The molecule has 0 spiro atoms. The molecule has 2 aromatic carbocycles. The highest BCUT2D eigenvalue weighted by molar-refractivity contribution is 6.39.